The fourth-order valence-electron chi connectivity index (χ4n) is 4.02. The van der Waals surface area contributed by atoms with Crippen LogP contribution in [0.25, 0.3) is 0 Å². The number of halogens is 1. The first-order valence-corrected chi connectivity index (χ1v) is 10.9. The summed E-state index contributed by atoms with van der Waals surface area (Å²) in [6.45, 7) is -0.191. The maximum atomic E-state index is 13.0. The van der Waals surface area contributed by atoms with Crippen molar-refractivity contribution >= 4 is 46.6 Å². The summed E-state index contributed by atoms with van der Waals surface area (Å²) in [6, 6.07) is 13.2. The molecule has 33 heavy (non-hydrogen) atoms. The summed E-state index contributed by atoms with van der Waals surface area (Å²) in [5.41, 5.74) is 3.79. The van der Waals surface area contributed by atoms with E-state index in [9.17, 15) is 19.2 Å². The Morgan fingerprint density at radius 3 is 2.58 bits per heavy atom. The lowest BCUT2D eigenvalue weighted by Crippen LogP contribution is -2.59. The van der Waals surface area contributed by atoms with E-state index in [1.165, 1.54) is 23.0 Å². The topological polar surface area (TPSA) is 98.8 Å². The summed E-state index contributed by atoms with van der Waals surface area (Å²) in [5, 5.41) is 4.29. The Bertz CT molecular complexity index is 1150. The molecular weight excluding hydrogens is 444 g/mol. The number of amides is 4. The average molecular weight is 467 g/mol. The zero-order valence-electron chi connectivity index (χ0n) is 18.0. The highest BCUT2D eigenvalue weighted by molar-refractivity contribution is 6.33. The predicted octanol–water partition coefficient (Wildman–Crippen LogP) is 3.01. The van der Waals surface area contributed by atoms with Crippen LogP contribution in [0.3, 0.4) is 0 Å². The number of carbonyl (C=O) groups is 4. The van der Waals surface area contributed by atoms with Crippen molar-refractivity contribution in [2.45, 2.75) is 12.8 Å². The summed E-state index contributed by atoms with van der Waals surface area (Å²) >= 11 is 6.06. The first-order valence-electron chi connectivity index (χ1n) is 10.5. The second kappa shape index (κ2) is 9.46. The van der Waals surface area contributed by atoms with Gasteiger partial charge in [-0.1, -0.05) is 42.0 Å². The van der Waals surface area contributed by atoms with E-state index in [4.69, 9.17) is 11.6 Å². The van der Waals surface area contributed by atoms with Crippen LogP contribution < -0.4 is 15.8 Å². The molecule has 2 aromatic rings. The van der Waals surface area contributed by atoms with Gasteiger partial charge in [0.15, 0.2) is 0 Å². The van der Waals surface area contributed by atoms with Gasteiger partial charge in [0.1, 0.15) is 0 Å². The molecule has 0 bridgehead atoms. The van der Waals surface area contributed by atoms with Crippen molar-refractivity contribution in [1.82, 2.24) is 10.3 Å². The van der Waals surface area contributed by atoms with Crippen LogP contribution in [0.1, 0.15) is 23.2 Å². The van der Waals surface area contributed by atoms with Crippen LogP contribution in [0.2, 0.25) is 5.02 Å². The van der Waals surface area contributed by atoms with E-state index in [2.05, 4.69) is 10.7 Å². The van der Waals surface area contributed by atoms with Crippen molar-refractivity contribution < 1.29 is 19.2 Å². The maximum Gasteiger partial charge on any atom is 0.254 e. The number of para-hydroxylation sites is 1. The highest BCUT2D eigenvalue weighted by Gasteiger charge is 2.42. The molecule has 2 aromatic carbocycles. The molecule has 1 saturated heterocycles. The molecule has 1 aliphatic carbocycles. The Morgan fingerprint density at radius 2 is 1.82 bits per heavy atom. The molecule has 0 saturated carbocycles. The minimum Gasteiger partial charge on any atom is -0.332 e. The molecule has 2 N–H and O–H groups in total. The van der Waals surface area contributed by atoms with Crippen LogP contribution in [-0.4, -0.2) is 42.1 Å². The Hall–Kier alpha value is -3.65. The molecule has 1 fully saturated rings. The second-order valence-electron chi connectivity index (χ2n) is 8.05. The maximum absolute atomic E-state index is 13.0. The third-order valence-electron chi connectivity index (χ3n) is 5.76. The number of benzene rings is 2. The zero-order chi connectivity index (χ0) is 23.5. The Balaban J connectivity index is 1.45. The van der Waals surface area contributed by atoms with Gasteiger partial charge in [0.05, 0.1) is 34.8 Å². The number of carbonyl (C=O) groups excluding carboxylic acids is 4. The summed E-state index contributed by atoms with van der Waals surface area (Å²) in [6.07, 6.45) is 4.88. The summed E-state index contributed by atoms with van der Waals surface area (Å²) in [4.78, 5) is 52.1. The molecule has 0 aromatic heterocycles. The van der Waals surface area contributed by atoms with Crippen LogP contribution >= 0.6 is 11.6 Å². The minimum atomic E-state index is -0.417. The van der Waals surface area contributed by atoms with E-state index >= 15 is 0 Å². The van der Waals surface area contributed by atoms with Gasteiger partial charge in [0.2, 0.25) is 17.7 Å². The van der Waals surface area contributed by atoms with Gasteiger partial charge >= 0.3 is 0 Å². The third-order valence-corrected chi connectivity index (χ3v) is 6.09. The molecule has 4 amide bonds. The van der Waals surface area contributed by atoms with E-state index in [1.54, 1.807) is 42.5 Å². The van der Waals surface area contributed by atoms with Gasteiger partial charge in [0, 0.05) is 12.6 Å². The largest absolute Gasteiger partial charge is 0.332 e. The SMILES string of the molecule is CN(CC(=O)Nc1ccccc1Cl)C(=O)c1cccc(N2NC(=O)[C@@H]3CC=CC[C@H]3C2=O)c1. The molecule has 2 atom stereocenters. The fourth-order valence-corrected chi connectivity index (χ4v) is 4.20. The lowest BCUT2D eigenvalue weighted by molar-refractivity contribution is -0.140. The molecular formula is C24H23ClN4O4. The first-order chi connectivity index (χ1) is 15.8. The number of hydrogen-bond donors (Lipinski definition) is 2. The van der Waals surface area contributed by atoms with Crippen LogP contribution in [-0.2, 0) is 14.4 Å². The number of fused-ring (bicyclic) bond motifs is 1. The number of nitrogens with zero attached hydrogens (tertiary/aromatic N) is 2. The van der Waals surface area contributed by atoms with Gasteiger partial charge in [-0.15, -0.1) is 0 Å². The number of nitrogens with one attached hydrogen (secondary N) is 2. The van der Waals surface area contributed by atoms with Crippen LogP contribution in [0.5, 0.6) is 0 Å². The van der Waals surface area contributed by atoms with Crippen molar-refractivity contribution in [2.75, 3.05) is 23.9 Å². The standard InChI is InChI=1S/C24H23ClN4O4/c1-28(14-21(30)26-20-12-5-4-11-19(20)25)23(32)15-7-6-8-16(13-15)29-24(33)18-10-3-2-9-17(18)22(31)27-29/h2-8,11-13,17-18H,9-10,14H2,1H3,(H,26,30)(H,27,31)/t17-,18-/m1/s1. The smallest absolute Gasteiger partial charge is 0.254 e. The molecule has 4 rings (SSSR count). The van der Waals surface area contributed by atoms with Gasteiger partial charge in [0.25, 0.3) is 5.91 Å². The number of allylic oxidation sites excluding steroid dienone is 2. The van der Waals surface area contributed by atoms with Gasteiger partial charge in [-0.25, -0.2) is 5.01 Å². The predicted molar refractivity (Wildman–Crippen MR) is 124 cm³/mol. The molecule has 0 radical (unpaired) electrons. The lowest BCUT2D eigenvalue weighted by atomic mass is 9.80. The molecule has 1 heterocycles. The van der Waals surface area contributed by atoms with E-state index in [1.807, 2.05) is 12.2 Å². The summed E-state index contributed by atoms with van der Waals surface area (Å²) in [7, 11) is 1.51. The van der Waals surface area contributed by atoms with Crippen LogP contribution in [0.15, 0.2) is 60.7 Å². The van der Waals surface area contributed by atoms with Gasteiger partial charge in [-0.05, 0) is 43.2 Å². The van der Waals surface area contributed by atoms with Crippen molar-refractivity contribution in [3.8, 4) is 0 Å². The lowest BCUT2D eigenvalue weighted by Gasteiger charge is -2.38. The van der Waals surface area contributed by atoms with Crippen LogP contribution in [0.4, 0.5) is 11.4 Å². The molecule has 1 aliphatic heterocycles. The normalized spacial score (nSPS) is 19.5. The monoisotopic (exact) mass is 466 g/mol. The van der Waals surface area contributed by atoms with Gasteiger partial charge < -0.3 is 10.2 Å². The number of rotatable bonds is 5. The zero-order valence-corrected chi connectivity index (χ0v) is 18.7. The Kier molecular flexibility index (Phi) is 6.46. The van der Waals surface area contributed by atoms with E-state index < -0.39 is 17.7 Å². The number of anilines is 2. The molecule has 0 spiro atoms. The van der Waals surface area contributed by atoms with Gasteiger partial charge in [-0.2, -0.15) is 0 Å². The number of hydrazine groups is 1. The quantitative estimate of drug-likeness (QED) is 0.662. The van der Waals surface area contributed by atoms with E-state index in [-0.39, 0.29) is 29.8 Å². The average Bonchev–Trinajstić information content (AvgIpc) is 2.82. The van der Waals surface area contributed by atoms with E-state index in [0.29, 0.717) is 29.2 Å². The molecule has 170 valence electrons. The van der Waals surface area contributed by atoms with Gasteiger partial charge in [-0.3, -0.25) is 24.6 Å². The molecule has 2 aliphatic rings. The third kappa shape index (κ3) is 4.75. The van der Waals surface area contributed by atoms with E-state index in [0.717, 1.165) is 0 Å². The first kappa shape index (κ1) is 22.5. The molecule has 8 nitrogen and oxygen atoms in total. The van der Waals surface area contributed by atoms with Crippen molar-refractivity contribution in [2.24, 2.45) is 11.8 Å². The minimum absolute atomic E-state index is 0.191. The highest BCUT2D eigenvalue weighted by atomic mass is 35.5. The Labute approximate surface area is 196 Å². The van der Waals surface area contributed by atoms with Crippen LogP contribution in [0, 0.1) is 11.8 Å². The molecule has 9 heteroatoms. The van der Waals surface area contributed by atoms with Crippen molar-refractivity contribution in [1.29, 1.82) is 0 Å². The summed E-state index contributed by atoms with van der Waals surface area (Å²) < 4.78 is 0. The van der Waals surface area contributed by atoms with Crippen molar-refractivity contribution in [3.63, 3.8) is 0 Å². The number of likely N-dealkylation sites (N-methyl/N-ethyl adjacent to an activating group) is 1. The fraction of sp³-hybridized carbons (Fsp3) is 0.250. The number of hydrogen-bond acceptors (Lipinski definition) is 4. The summed E-state index contributed by atoms with van der Waals surface area (Å²) in [5.74, 6) is -2.01. The van der Waals surface area contributed by atoms with Crippen molar-refractivity contribution in [3.05, 3.63) is 71.3 Å². The molecule has 0 unspecified atom stereocenters. The second-order valence-corrected chi connectivity index (χ2v) is 8.45. The Morgan fingerprint density at radius 1 is 1.09 bits per heavy atom. The highest BCUT2D eigenvalue weighted by Crippen LogP contribution is 2.32.